The molecule has 5 aromatic rings. The average Bonchev–Trinajstić information content (AvgIpc) is 2.99. The van der Waals surface area contributed by atoms with Gasteiger partial charge in [0.1, 0.15) is 18.0 Å². The number of aromatic nitrogens is 4. The van der Waals surface area contributed by atoms with Crippen LogP contribution in [0, 0.1) is 12.7 Å². The molecule has 0 spiro atoms. The van der Waals surface area contributed by atoms with E-state index in [2.05, 4.69) is 30.6 Å². The number of piperidine rings is 1. The van der Waals surface area contributed by atoms with Gasteiger partial charge in [0.05, 0.1) is 11.6 Å². The average molecular weight is 534 g/mol. The van der Waals surface area contributed by atoms with Gasteiger partial charge >= 0.3 is 0 Å². The van der Waals surface area contributed by atoms with Crippen molar-refractivity contribution in [2.45, 2.75) is 25.8 Å². The van der Waals surface area contributed by atoms with Crippen LogP contribution in [-0.2, 0) is 0 Å². The fourth-order valence-corrected chi connectivity index (χ4v) is 5.17. The summed E-state index contributed by atoms with van der Waals surface area (Å²) in [6.07, 6.45) is 4.82. The molecule has 3 heterocycles. The molecule has 0 unspecified atom stereocenters. The van der Waals surface area contributed by atoms with E-state index in [0.29, 0.717) is 23.9 Å². The molecule has 40 heavy (non-hydrogen) atoms. The van der Waals surface area contributed by atoms with E-state index in [1.165, 1.54) is 18.5 Å². The molecular weight excluding hydrogens is 505 g/mol. The number of aryl methyl sites for hydroxylation is 1. The Morgan fingerprint density at radius 1 is 1.02 bits per heavy atom. The third-order valence-electron chi connectivity index (χ3n) is 7.12. The Morgan fingerprint density at radius 3 is 2.70 bits per heavy atom. The Balaban J connectivity index is 1.32. The summed E-state index contributed by atoms with van der Waals surface area (Å²) >= 11 is 0. The van der Waals surface area contributed by atoms with E-state index in [0.717, 1.165) is 41.3 Å². The van der Waals surface area contributed by atoms with Crippen LogP contribution in [0.25, 0.3) is 22.2 Å². The highest BCUT2D eigenvalue weighted by molar-refractivity contribution is 6.11. The largest absolute Gasteiger partial charge is 0.324 e. The van der Waals surface area contributed by atoms with E-state index in [-0.39, 0.29) is 17.6 Å². The van der Waals surface area contributed by atoms with Gasteiger partial charge in [-0.05, 0) is 61.5 Å². The molecule has 0 saturated carbocycles. The number of carbonyl (C=O) groups is 1. The second-order valence-corrected chi connectivity index (χ2v) is 9.80. The molecule has 1 saturated heterocycles. The van der Waals surface area contributed by atoms with Crippen LogP contribution >= 0.6 is 0 Å². The van der Waals surface area contributed by atoms with E-state index < -0.39 is 11.7 Å². The van der Waals surface area contributed by atoms with Gasteiger partial charge in [-0.3, -0.25) is 9.69 Å². The minimum absolute atomic E-state index is 0.0240. The summed E-state index contributed by atoms with van der Waals surface area (Å²) in [7, 11) is 0. The zero-order valence-corrected chi connectivity index (χ0v) is 22.0. The molecule has 200 valence electrons. The van der Waals surface area contributed by atoms with Crippen LogP contribution in [0.4, 0.5) is 21.8 Å². The van der Waals surface area contributed by atoms with Gasteiger partial charge in [-0.25, -0.2) is 19.3 Å². The molecule has 1 atom stereocenters. The number of amides is 1. The zero-order chi connectivity index (χ0) is 27.5. The van der Waals surface area contributed by atoms with E-state index >= 15 is 4.39 Å². The van der Waals surface area contributed by atoms with Crippen molar-refractivity contribution in [2.24, 2.45) is 0 Å². The molecule has 0 aliphatic carbocycles. The van der Waals surface area contributed by atoms with Gasteiger partial charge in [-0.1, -0.05) is 48.5 Å². The molecule has 6 rings (SSSR count). The van der Waals surface area contributed by atoms with Crippen molar-refractivity contribution in [1.29, 1.82) is 0 Å². The normalized spacial score (nSPS) is 15.1. The number of hydrogen-bond acceptors (Lipinski definition) is 7. The topological polar surface area (TPSA) is 95.9 Å². The Hall–Kier alpha value is -4.76. The number of carbonyl (C=O) groups excluding carboxylic acids is 1. The maximum atomic E-state index is 15.6. The van der Waals surface area contributed by atoms with Crippen molar-refractivity contribution < 1.29 is 9.18 Å². The van der Waals surface area contributed by atoms with Gasteiger partial charge < -0.3 is 10.6 Å². The summed E-state index contributed by atoms with van der Waals surface area (Å²) in [6.45, 7) is 3.50. The number of pyridine rings is 1. The molecule has 3 aromatic carbocycles. The minimum Gasteiger partial charge on any atom is -0.324 e. The van der Waals surface area contributed by atoms with E-state index in [1.54, 1.807) is 17.2 Å². The number of halogens is 1. The summed E-state index contributed by atoms with van der Waals surface area (Å²) in [4.78, 5) is 33.2. The van der Waals surface area contributed by atoms with Crippen molar-refractivity contribution in [3.05, 3.63) is 102 Å². The first-order chi connectivity index (χ1) is 19.6. The zero-order valence-electron chi connectivity index (χ0n) is 22.0. The fraction of sp³-hybridized carbons (Fsp3) is 0.194. The van der Waals surface area contributed by atoms with E-state index in [9.17, 15) is 4.79 Å². The van der Waals surface area contributed by atoms with Gasteiger partial charge in [-0.2, -0.15) is 4.98 Å². The van der Waals surface area contributed by atoms with Gasteiger partial charge in [0.2, 0.25) is 5.95 Å². The first kappa shape index (κ1) is 25.5. The van der Waals surface area contributed by atoms with Gasteiger partial charge in [0.25, 0.3) is 5.91 Å². The number of rotatable bonds is 6. The molecule has 1 aliphatic rings. The lowest BCUT2D eigenvalue weighted by atomic mass is 10.0. The standard InChI is InChI=1S/C31H28FN7O/c1-20-7-5-10-21-14-16-34-29(27(20)21)39(24-11-6-15-33-18-24)30(40)25-13-12-23(17-26(25)32)37-31-36-19-35-28(38-31)22-8-3-2-4-9-22/h2-5,7-10,12-14,16-17,19,24,33H,6,11,15,18H2,1H3,(H,35,36,37,38)/t24-/m1/s1. The van der Waals surface area contributed by atoms with Crippen LogP contribution in [-0.4, -0.2) is 45.0 Å². The lowest BCUT2D eigenvalue weighted by Gasteiger charge is -2.35. The van der Waals surface area contributed by atoms with Crippen LogP contribution in [0.3, 0.4) is 0 Å². The van der Waals surface area contributed by atoms with Crippen LogP contribution < -0.4 is 15.5 Å². The van der Waals surface area contributed by atoms with Crippen LogP contribution in [0.2, 0.25) is 0 Å². The number of hydrogen-bond donors (Lipinski definition) is 2. The van der Waals surface area contributed by atoms with Crippen molar-refractivity contribution in [2.75, 3.05) is 23.3 Å². The van der Waals surface area contributed by atoms with Gasteiger partial charge in [0.15, 0.2) is 5.82 Å². The molecule has 0 radical (unpaired) electrons. The van der Waals surface area contributed by atoms with E-state index in [4.69, 9.17) is 0 Å². The predicted molar refractivity (Wildman–Crippen MR) is 154 cm³/mol. The van der Waals surface area contributed by atoms with Gasteiger partial charge in [0, 0.05) is 29.4 Å². The van der Waals surface area contributed by atoms with Crippen LogP contribution in [0.1, 0.15) is 28.8 Å². The van der Waals surface area contributed by atoms with Crippen molar-refractivity contribution in [3.63, 3.8) is 0 Å². The van der Waals surface area contributed by atoms with Gasteiger partial charge in [-0.15, -0.1) is 0 Å². The molecule has 1 amide bonds. The molecule has 9 heteroatoms. The first-order valence-corrected chi connectivity index (χ1v) is 13.3. The molecule has 2 aromatic heterocycles. The summed E-state index contributed by atoms with van der Waals surface area (Å²) in [6, 6.07) is 21.7. The Morgan fingerprint density at radius 2 is 1.90 bits per heavy atom. The van der Waals surface area contributed by atoms with Crippen molar-refractivity contribution >= 4 is 34.1 Å². The Bertz CT molecular complexity index is 1670. The predicted octanol–water partition coefficient (Wildman–Crippen LogP) is 5.68. The molecular formula is C31H28FN7O. The highest BCUT2D eigenvalue weighted by Gasteiger charge is 2.31. The van der Waals surface area contributed by atoms with Crippen LogP contribution in [0.5, 0.6) is 0 Å². The third-order valence-corrected chi connectivity index (χ3v) is 7.12. The number of nitrogens with zero attached hydrogens (tertiary/aromatic N) is 5. The first-order valence-electron chi connectivity index (χ1n) is 13.3. The number of anilines is 3. The highest BCUT2D eigenvalue weighted by atomic mass is 19.1. The third kappa shape index (κ3) is 5.11. The van der Waals surface area contributed by atoms with Crippen molar-refractivity contribution in [1.82, 2.24) is 25.3 Å². The molecule has 0 bridgehead atoms. The second kappa shape index (κ2) is 11.2. The quantitative estimate of drug-likeness (QED) is 0.290. The van der Waals surface area contributed by atoms with E-state index in [1.807, 2.05) is 61.5 Å². The summed E-state index contributed by atoms with van der Waals surface area (Å²) in [5.41, 5.74) is 2.25. The summed E-state index contributed by atoms with van der Waals surface area (Å²) in [5, 5.41) is 8.28. The summed E-state index contributed by atoms with van der Waals surface area (Å²) < 4.78 is 15.6. The van der Waals surface area contributed by atoms with Crippen molar-refractivity contribution in [3.8, 4) is 11.4 Å². The molecule has 2 N–H and O–H groups in total. The summed E-state index contributed by atoms with van der Waals surface area (Å²) in [5.74, 6) is 0.262. The fourth-order valence-electron chi connectivity index (χ4n) is 5.17. The Kier molecular flexibility index (Phi) is 7.11. The second-order valence-electron chi connectivity index (χ2n) is 9.80. The number of benzene rings is 3. The van der Waals surface area contributed by atoms with Crippen LogP contribution in [0.15, 0.2) is 85.3 Å². The lowest BCUT2D eigenvalue weighted by Crippen LogP contribution is -2.49. The SMILES string of the molecule is Cc1cccc2ccnc(N(C(=O)c3ccc(Nc4ncnc(-c5ccccc5)n4)cc3F)[C@@H]3CCCNC3)c12. The smallest absolute Gasteiger partial charge is 0.262 e. The Labute approximate surface area is 231 Å². The maximum Gasteiger partial charge on any atom is 0.262 e. The monoisotopic (exact) mass is 533 g/mol. The molecule has 1 fully saturated rings. The molecule has 8 nitrogen and oxygen atoms in total. The minimum atomic E-state index is -0.641. The molecule has 1 aliphatic heterocycles. The lowest BCUT2D eigenvalue weighted by molar-refractivity contribution is 0.0968. The maximum absolute atomic E-state index is 15.6. The highest BCUT2D eigenvalue weighted by Crippen LogP contribution is 2.32. The number of fused-ring (bicyclic) bond motifs is 1. The number of nitrogens with one attached hydrogen (secondary N) is 2.